The van der Waals surface area contributed by atoms with Crippen LogP contribution in [0.5, 0.6) is 0 Å². The second-order valence-corrected chi connectivity index (χ2v) is 7.42. The lowest BCUT2D eigenvalue weighted by molar-refractivity contribution is -0.138. The maximum absolute atomic E-state index is 12.5. The van der Waals surface area contributed by atoms with Gasteiger partial charge in [0.05, 0.1) is 0 Å². The number of carboxylic acid groups (broad SMARTS) is 2. The van der Waals surface area contributed by atoms with Crippen LogP contribution < -0.4 is 0 Å². The number of carbonyl (C=O) groups is 4. The summed E-state index contributed by atoms with van der Waals surface area (Å²) in [4.78, 5) is 48.8. The molecule has 0 unspecified atom stereocenters. The molecule has 168 valence electrons. The standard InChI is InChI=1S/C22H29N3O6/c23-25-24-18-14-16(19(26)9-5-1-3-7-11-21(28)29)13-17(15-18)20(27)10-6-2-4-8-12-22(30)31/h13-15H,1-12H2,(H,28,29)(H,30,31). The Balaban J connectivity index is 2.62. The van der Waals surface area contributed by atoms with E-state index in [1.165, 1.54) is 18.2 Å². The molecule has 0 aromatic heterocycles. The SMILES string of the molecule is [N-]=[N+]=Nc1cc(C(=O)CCCCCCC(=O)O)cc(C(=O)CCCCCCC(=O)O)c1. The zero-order chi connectivity index (χ0) is 23.1. The molecule has 0 atom stereocenters. The summed E-state index contributed by atoms with van der Waals surface area (Å²) in [6, 6.07) is 4.46. The Labute approximate surface area is 181 Å². The normalized spacial score (nSPS) is 10.3. The number of carbonyl (C=O) groups excluding carboxylic acids is 2. The molecule has 9 nitrogen and oxygen atoms in total. The van der Waals surface area contributed by atoms with Gasteiger partial charge in [-0.2, -0.15) is 0 Å². The van der Waals surface area contributed by atoms with Gasteiger partial charge < -0.3 is 10.2 Å². The number of unbranched alkanes of at least 4 members (excludes halogenated alkanes) is 6. The van der Waals surface area contributed by atoms with Crippen molar-refractivity contribution in [3.63, 3.8) is 0 Å². The lowest BCUT2D eigenvalue weighted by Crippen LogP contribution is -2.04. The summed E-state index contributed by atoms with van der Waals surface area (Å²) in [6.07, 6.45) is 6.09. The number of nitrogens with zero attached hydrogens (tertiary/aromatic N) is 3. The third-order valence-corrected chi connectivity index (χ3v) is 4.81. The van der Waals surface area contributed by atoms with E-state index in [0.717, 1.165) is 25.7 Å². The molecular formula is C22H29N3O6. The molecule has 0 fully saturated rings. The van der Waals surface area contributed by atoms with Gasteiger partial charge in [-0.25, -0.2) is 0 Å². The molecule has 0 saturated heterocycles. The van der Waals surface area contributed by atoms with Crippen molar-refractivity contribution >= 4 is 29.2 Å². The third kappa shape index (κ3) is 11.5. The van der Waals surface area contributed by atoms with E-state index in [9.17, 15) is 19.2 Å². The molecule has 0 amide bonds. The number of benzene rings is 1. The molecule has 0 bridgehead atoms. The highest BCUT2D eigenvalue weighted by molar-refractivity contribution is 6.02. The molecule has 0 aliphatic heterocycles. The van der Waals surface area contributed by atoms with Gasteiger partial charge >= 0.3 is 11.9 Å². The van der Waals surface area contributed by atoms with Gasteiger partial charge in [0, 0.05) is 47.4 Å². The summed E-state index contributed by atoms with van der Waals surface area (Å²) >= 11 is 0. The van der Waals surface area contributed by atoms with Crippen LogP contribution in [0.3, 0.4) is 0 Å². The number of ketones is 2. The molecule has 0 saturated carbocycles. The first-order valence-electron chi connectivity index (χ1n) is 10.5. The third-order valence-electron chi connectivity index (χ3n) is 4.81. The Morgan fingerprint density at radius 3 is 1.42 bits per heavy atom. The molecule has 1 aromatic rings. The largest absolute Gasteiger partial charge is 0.481 e. The van der Waals surface area contributed by atoms with Crippen LogP contribution in [-0.4, -0.2) is 33.7 Å². The number of hydrogen-bond acceptors (Lipinski definition) is 5. The van der Waals surface area contributed by atoms with E-state index in [0.29, 0.717) is 36.8 Å². The fraction of sp³-hybridized carbons (Fsp3) is 0.545. The van der Waals surface area contributed by atoms with E-state index in [-0.39, 0.29) is 42.9 Å². The highest BCUT2D eigenvalue weighted by atomic mass is 16.4. The number of aliphatic carboxylic acids is 2. The van der Waals surface area contributed by atoms with E-state index >= 15 is 0 Å². The summed E-state index contributed by atoms with van der Waals surface area (Å²) < 4.78 is 0. The van der Waals surface area contributed by atoms with E-state index < -0.39 is 11.9 Å². The highest BCUT2D eigenvalue weighted by Gasteiger charge is 2.13. The summed E-state index contributed by atoms with van der Waals surface area (Å²) in [5.41, 5.74) is 9.56. The van der Waals surface area contributed by atoms with Crippen molar-refractivity contribution in [1.29, 1.82) is 0 Å². The van der Waals surface area contributed by atoms with Crippen LogP contribution in [0.1, 0.15) is 97.8 Å². The smallest absolute Gasteiger partial charge is 0.303 e. The second kappa shape index (κ2) is 14.7. The Morgan fingerprint density at radius 2 is 1.06 bits per heavy atom. The van der Waals surface area contributed by atoms with Crippen molar-refractivity contribution < 1.29 is 29.4 Å². The predicted octanol–water partition coefficient (Wildman–Crippen LogP) is 5.84. The van der Waals surface area contributed by atoms with Gasteiger partial charge in [0.2, 0.25) is 0 Å². The number of Topliss-reactive ketones (excluding diaryl/α,β-unsaturated/α-hetero) is 2. The van der Waals surface area contributed by atoms with E-state index in [2.05, 4.69) is 10.0 Å². The van der Waals surface area contributed by atoms with Crippen LogP contribution in [0.15, 0.2) is 23.3 Å². The van der Waals surface area contributed by atoms with Gasteiger partial charge in [-0.15, -0.1) is 0 Å². The van der Waals surface area contributed by atoms with Crippen molar-refractivity contribution in [2.75, 3.05) is 0 Å². The van der Waals surface area contributed by atoms with Crippen LogP contribution in [0, 0.1) is 0 Å². The van der Waals surface area contributed by atoms with Crippen molar-refractivity contribution in [3.05, 3.63) is 39.8 Å². The Hall–Kier alpha value is -3.19. The molecule has 31 heavy (non-hydrogen) atoms. The van der Waals surface area contributed by atoms with E-state index in [1.54, 1.807) is 0 Å². The van der Waals surface area contributed by atoms with Crippen molar-refractivity contribution in [2.24, 2.45) is 5.11 Å². The number of rotatable bonds is 17. The summed E-state index contributed by atoms with van der Waals surface area (Å²) in [5.74, 6) is -1.97. The number of hydrogen-bond donors (Lipinski definition) is 2. The van der Waals surface area contributed by atoms with Gasteiger partial charge in [-0.1, -0.05) is 30.8 Å². The fourth-order valence-corrected chi connectivity index (χ4v) is 3.16. The van der Waals surface area contributed by atoms with Crippen LogP contribution in [0.25, 0.3) is 10.4 Å². The molecular weight excluding hydrogens is 402 g/mol. The lowest BCUT2D eigenvalue weighted by atomic mass is 9.97. The topological polar surface area (TPSA) is 158 Å². The second-order valence-electron chi connectivity index (χ2n) is 7.42. The minimum atomic E-state index is -0.830. The van der Waals surface area contributed by atoms with Gasteiger partial charge in [-0.05, 0) is 49.4 Å². The summed E-state index contributed by atoms with van der Waals surface area (Å²) in [6.45, 7) is 0. The monoisotopic (exact) mass is 431 g/mol. The van der Waals surface area contributed by atoms with Gasteiger partial charge in [0.25, 0.3) is 0 Å². The van der Waals surface area contributed by atoms with Crippen LogP contribution in [-0.2, 0) is 9.59 Å². The maximum Gasteiger partial charge on any atom is 0.303 e. The summed E-state index contributed by atoms with van der Waals surface area (Å²) in [7, 11) is 0. The van der Waals surface area contributed by atoms with Crippen molar-refractivity contribution in [3.8, 4) is 0 Å². The molecule has 1 aromatic carbocycles. The molecule has 0 aliphatic rings. The first-order valence-corrected chi connectivity index (χ1v) is 10.5. The van der Waals surface area contributed by atoms with E-state index in [1.807, 2.05) is 0 Å². The number of azide groups is 1. The molecule has 1 rings (SSSR count). The minimum Gasteiger partial charge on any atom is -0.481 e. The van der Waals surface area contributed by atoms with Crippen LogP contribution in [0.2, 0.25) is 0 Å². The molecule has 0 heterocycles. The van der Waals surface area contributed by atoms with Gasteiger partial charge in [-0.3, -0.25) is 19.2 Å². The Bertz CT molecular complexity index is 774. The average Bonchev–Trinajstić information content (AvgIpc) is 2.72. The Morgan fingerprint density at radius 1 is 0.677 bits per heavy atom. The Kier molecular flexibility index (Phi) is 12.3. The van der Waals surface area contributed by atoms with Crippen LogP contribution in [0.4, 0.5) is 5.69 Å². The van der Waals surface area contributed by atoms with E-state index in [4.69, 9.17) is 15.7 Å². The zero-order valence-electron chi connectivity index (χ0n) is 17.6. The number of carboxylic acids is 2. The van der Waals surface area contributed by atoms with Gasteiger partial charge in [0.15, 0.2) is 11.6 Å². The highest BCUT2D eigenvalue weighted by Crippen LogP contribution is 2.22. The van der Waals surface area contributed by atoms with Crippen molar-refractivity contribution in [2.45, 2.75) is 77.0 Å². The lowest BCUT2D eigenvalue weighted by Gasteiger charge is -2.07. The minimum absolute atomic E-state index is 0.118. The predicted molar refractivity (Wildman–Crippen MR) is 115 cm³/mol. The first-order chi connectivity index (χ1) is 14.8. The molecule has 0 radical (unpaired) electrons. The molecule has 2 N–H and O–H groups in total. The molecule has 0 aliphatic carbocycles. The molecule has 0 spiro atoms. The van der Waals surface area contributed by atoms with Gasteiger partial charge in [0.1, 0.15) is 0 Å². The van der Waals surface area contributed by atoms with Crippen LogP contribution >= 0.6 is 0 Å². The quantitative estimate of drug-likeness (QED) is 0.104. The van der Waals surface area contributed by atoms with Crippen molar-refractivity contribution in [1.82, 2.24) is 0 Å². The zero-order valence-corrected chi connectivity index (χ0v) is 17.6. The fourth-order valence-electron chi connectivity index (χ4n) is 3.16. The summed E-state index contributed by atoms with van der Waals surface area (Å²) in [5, 5.41) is 20.8. The first kappa shape index (κ1) is 25.8. The average molecular weight is 431 g/mol. The molecule has 9 heteroatoms. The maximum atomic E-state index is 12.5.